The van der Waals surface area contributed by atoms with E-state index in [-0.39, 0.29) is 30.4 Å². The van der Waals surface area contributed by atoms with E-state index >= 15 is 0 Å². The predicted molar refractivity (Wildman–Crippen MR) is 68.0 cm³/mol. The van der Waals surface area contributed by atoms with E-state index < -0.39 is 24.0 Å². The number of carbonyl (C=O) groups is 1. The Morgan fingerprint density at radius 3 is 2.67 bits per heavy atom. The zero-order chi connectivity index (χ0) is 15.6. The Morgan fingerprint density at radius 2 is 2.05 bits per heavy atom. The summed E-state index contributed by atoms with van der Waals surface area (Å²) in [5, 5.41) is 0. The third-order valence-corrected chi connectivity index (χ3v) is 3.78. The van der Waals surface area contributed by atoms with Crippen molar-refractivity contribution in [2.75, 3.05) is 6.61 Å². The summed E-state index contributed by atoms with van der Waals surface area (Å²) < 4.78 is 49.4. The zero-order valence-corrected chi connectivity index (χ0v) is 12.0. The molecule has 0 bridgehead atoms. The van der Waals surface area contributed by atoms with Crippen molar-refractivity contribution >= 4 is 5.97 Å². The Balaban J connectivity index is 2.28. The monoisotopic (exact) mass is 305 g/mol. The molecule has 0 aliphatic heterocycles. The van der Waals surface area contributed by atoms with Gasteiger partial charge in [-0.1, -0.05) is 12.8 Å². The van der Waals surface area contributed by atoms with Crippen molar-refractivity contribution in [2.45, 2.75) is 51.6 Å². The largest absolute Gasteiger partial charge is 0.460 e. The van der Waals surface area contributed by atoms with Crippen molar-refractivity contribution < 1.29 is 27.1 Å². The number of alkyl halides is 3. The van der Waals surface area contributed by atoms with Gasteiger partial charge in [-0.3, -0.25) is 0 Å². The molecule has 1 aliphatic carbocycles. The first-order valence-corrected chi connectivity index (χ1v) is 7.05. The molecule has 0 radical (unpaired) electrons. The van der Waals surface area contributed by atoms with Gasteiger partial charge in [0.2, 0.25) is 5.76 Å². The molecule has 0 aromatic carbocycles. The topological polar surface area (TPSA) is 52.3 Å². The first kappa shape index (κ1) is 15.9. The molecular formula is C14H18F3NO3. The summed E-state index contributed by atoms with van der Waals surface area (Å²) in [6.45, 7) is 3.35. The third-order valence-electron chi connectivity index (χ3n) is 3.78. The standard InChI is InChI=1S/C14H18F3NO3/c1-3-20-13(19)11-8(2)18-12(21-11)9-6-4-5-7-10(9)14(15,16)17/h9-10H,3-7H2,1-2H3. The van der Waals surface area contributed by atoms with E-state index in [1.54, 1.807) is 6.92 Å². The molecule has 1 aromatic rings. The number of oxazole rings is 1. The molecule has 1 aliphatic rings. The lowest BCUT2D eigenvalue weighted by atomic mass is 9.78. The average Bonchev–Trinajstić information content (AvgIpc) is 2.80. The summed E-state index contributed by atoms with van der Waals surface area (Å²) in [4.78, 5) is 15.7. The second-order valence-corrected chi connectivity index (χ2v) is 5.23. The number of rotatable bonds is 3. The lowest BCUT2D eigenvalue weighted by Crippen LogP contribution is -2.31. The van der Waals surface area contributed by atoms with Crippen LogP contribution in [0.1, 0.15) is 60.7 Å². The Bertz CT molecular complexity index is 510. The predicted octanol–water partition coefficient (Wildman–Crippen LogP) is 4.00. The van der Waals surface area contributed by atoms with Gasteiger partial charge in [-0.05, 0) is 26.7 Å². The summed E-state index contributed by atoms with van der Waals surface area (Å²) in [5.74, 6) is -3.07. The lowest BCUT2D eigenvalue weighted by Gasteiger charge is -2.30. The van der Waals surface area contributed by atoms with Gasteiger partial charge >= 0.3 is 12.1 Å². The fraction of sp³-hybridized carbons (Fsp3) is 0.714. The average molecular weight is 305 g/mol. The molecule has 7 heteroatoms. The number of halogens is 3. The number of hydrogen-bond donors (Lipinski definition) is 0. The third kappa shape index (κ3) is 3.39. The van der Waals surface area contributed by atoms with Crippen molar-refractivity contribution in [3.8, 4) is 0 Å². The van der Waals surface area contributed by atoms with E-state index in [2.05, 4.69) is 4.98 Å². The highest BCUT2D eigenvalue weighted by Gasteiger charge is 2.47. The quantitative estimate of drug-likeness (QED) is 0.792. The smallest absolute Gasteiger partial charge is 0.392 e. The van der Waals surface area contributed by atoms with Crippen LogP contribution in [-0.4, -0.2) is 23.7 Å². The van der Waals surface area contributed by atoms with Gasteiger partial charge in [0, 0.05) is 5.92 Å². The SMILES string of the molecule is CCOC(=O)c1oc(C2CCCCC2C(F)(F)F)nc1C. The number of esters is 1. The van der Waals surface area contributed by atoms with Crippen LogP contribution in [0.15, 0.2) is 4.42 Å². The summed E-state index contributed by atoms with van der Waals surface area (Å²) in [5.41, 5.74) is 0.273. The maximum absolute atomic E-state index is 13.1. The van der Waals surface area contributed by atoms with Gasteiger partial charge in [0.1, 0.15) is 0 Å². The fourth-order valence-corrected chi connectivity index (χ4v) is 2.78. The lowest BCUT2D eigenvalue weighted by molar-refractivity contribution is -0.188. The molecule has 118 valence electrons. The Morgan fingerprint density at radius 1 is 1.38 bits per heavy atom. The molecule has 1 aromatic heterocycles. The second kappa shape index (κ2) is 6.07. The van der Waals surface area contributed by atoms with Gasteiger partial charge in [-0.2, -0.15) is 13.2 Å². The van der Waals surface area contributed by atoms with Crippen LogP contribution in [0.2, 0.25) is 0 Å². The number of ether oxygens (including phenoxy) is 1. The zero-order valence-electron chi connectivity index (χ0n) is 12.0. The second-order valence-electron chi connectivity index (χ2n) is 5.23. The molecule has 2 unspecified atom stereocenters. The van der Waals surface area contributed by atoms with E-state index in [0.717, 1.165) is 0 Å². The Labute approximate surface area is 120 Å². The molecular weight excluding hydrogens is 287 g/mol. The Kier molecular flexibility index (Phi) is 4.58. The van der Waals surface area contributed by atoms with Crippen molar-refractivity contribution in [1.82, 2.24) is 4.98 Å². The van der Waals surface area contributed by atoms with E-state index in [1.807, 2.05) is 0 Å². The maximum atomic E-state index is 13.1. The highest BCUT2D eigenvalue weighted by atomic mass is 19.4. The molecule has 2 rings (SSSR count). The molecule has 0 spiro atoms. The van der Waals surface area contributed by atoms with Gasteiger partial charge in [-0.25, -0.2) is 9.78 Å². The van der Waals surface area contributed by atoms with Crippen molar-refractivity contribution in [3.05, 3.63) is 17.3 Å². The summed E-state index contributed by atoms with van der Waals surface area (Å²) in [7, 11) is 0. The van der Waals surface area contributed by atoms with Crippen molar-refractivity contribution in [1.29, 1.82) is 0 Å². The minimum absolute atomic E-state index is 0.00224. The van der Waals surface area contributed by atoms with Crippen LogP contribution in [0.4, 0.5) is 13.2 Å². The molecule has 1 fully saturated rings. The number of carbonyl (C=O) groups excluding carboxylic acids is 1. The number of aryl methyl sites for hydroxylation is 1. The van der Waals surface area contributed by atoms with E-state index in [9.17, 15) is 18.0 Å². The van der Waals surface area contributed by atoms with Crippen LogP contribution in [-0.2, 0) is 4.74 Å². The molecule has 21 heavy (non-hydrogen) atoms. The van der Waals surface area contributed by atoms with E-state index in [1.165, 1.54) is 6.92 Å². The molecule has 1 heterocycles. The fourth-order valence-electron chi connectivity index (χ4n) is 2.78. The van der Waals surface area contributed by atoms with Crippen LogP contribution in [0.5, 0.6) is 0 Å². The van der Waals surface area contributed by atoms with Crippen LogP contribution in [0.3, 0.4) is 0 Å². The van der Waals surface area contributed by atoms with Gasteiger partial charge in [-0.15, -0.1) is 0 Å². The minimum atomic E-state index is -4.28. The molecule has 0 amide bonds. The summed E-state index contributed by atoms with van der Waals surface area (Å²) >= 11 is 0. The highest BCUT2D eigenvalue weighted by molar-refractivity contribution is 5.87. The maximum Gasteiger partial charge on any atom is 0.392 e. The van der Waals surface area contributed by atoms with Crippen molar-refractivity contribution in [3.63, 3.8) is 0 Å². The number of nitrogens with zero attached hydrogens (tertiary/aromatic N) is 1. The van der Waals surface area contributed by atoms with Crippen LogP contribution in [0, 0.1) is 12.8 Å². The number of aromatic nitrogens is 1. The van der Waals surface area contributed by atoms with Gasteiger partial charge in [0.05, 0.1) is 18.2 Å². The van der Waals surface area contributed by atoms with Crippen LogP contribution >= 0.6 is 0 Å². The van der Waals surface area contributed by atoms with Crippen LogP contribution in [0.25, 0.3) is 0 Å². The summed E-state index contributed by atoms with van der Waals surface area (Å²) in [6.07, 6.45) is -2.59. The van der Waals surface area contributed by atoms with Crippen molar-refractivity contribution in [2.24, 2.45) is 5.92 Å². The normalized spacial score (nSPS) is 23.1. The number of hydrogen-bond acceptors (Lipinski definition) is 4. The molecule has 0 N–H and O–H groups in total. The van der Waals surface area contributed by atoms with E-state index in [4.69, 9.17) is 9.15 Å². The van der Waals surface area contributed by atoms with Gasteiger partial charge in [0.25, 0.3) is 0 Å². The summed E-state index contributed by atoms with van der Waals surface area (Å²) in [6, 6.07) is 0. The van der Waals surface area contributed by atoms with Gasteiger partial charge in [0.15, 0.2) is 5.89 Å². The first-order chi connectivity index (χ1) is 9.84. The van der Waals surface area contributed by atoms with E-state index in [0.29, 0.717) is 19.3 Å². The minimum Gasteiger partial charge on any atom is -0.460 e. The molecule has 4 nitrogen and oxygen atoms in total. The highest BCUT2D eigenvalue weighted by Crippen LogP contribution is 2.46. The molecule has 0 saturated heterocycles. The van der Waals surface area contributed by atoms with Gasteiger partial charge < -0.3 is 9.15 Å². The Hall–Kier alpha value is -1.53. The molecule has 2 atom stereocenters. The molecule has 1 saturated carbocycles. The first-order valence-electron chi connectivity index (χ1n) is 7.05. The van der Waals surface area contributed by atoms with Crippen LogP contribution < -0.4 is 0 Å².